The molecule has 0 aliphatic carbocycles. The molecule has 0 spiro atoms. The molecule has 0 saturated heterocycles. The molecule has 0 heterocycles. The van der Waals surface area contributed by atoms with E-state index in [2.05, 4.69) is 46.7 Å². The Bertz CT molecular complexity index is 891. The van der Waals surface area contributed by atoms with Crippen molar-refractivity contribution in [2.75, 3.05) is 13.2 Å². The summed E-state index contributed by atoms with van der Waals surface area (Å²) in [5.74, 6) is 4.01. The zero-order chi connectivity index (χ0) is 24.0. The van der Waals surface area contributed by atoms with Gasteiger partial charge < -0.3 is 19.0 Å². The molecule has 2 aromatic rings. The molecule has 5 heteroatoms. The van der Waals surface area contributed by atoms with Gasteiger partial charge >= 0.3 is 0 Å². The van der Waals surface area contributed by atoms with Gasteiger partial charge in [-0.2, -0.15) is 0 Å². The van der Waals surface area contributed by atoms with Crippen LogP contribution >= 0.6 is 0 Å². The van der Waals surface area contributed by atoms with E-state index in [4.69, 9.17) is 20.3 Å². The van der Waals surface area contributed by atoms with Crippen LogP contribution in [0.4, 0.5) is 0 Å². The third-order valence-corrected chi connectivity index (χ3v) is 10.6. The van der Waals surface area contributed by atoms with E-state index in [9.17, 15) is 5.11 Å². The Morgan fingerprint density at radius 3 is 1.81 bits per heavy atom. The molecule has 0 aliphatic heterocycles. The van der Waals surface area contributed by atoms with Gasteiger partial charge in [-0.1, -0.05) is 57.9 Å². The van der Waals surface area contributed by atoms with Gasteiger partial charge in [0.15, 0.2) is 13.9 Å². The van der Waals surface area contributed by atoms with Gasteiger partial charge in [-0.3, -0.25) is 0 Å². The zero-order valence-corrected chi connectivity index (χ0v) is 21.6. The molecule has 2 atom stereocenters. The maximum Gasteiger partial charge on any atom is 0.192 e. The van der Waals surface area contributed by atoms with Crippen molar-refractivity contribution < 1.29 is 19.0 Å². The first-order chi connectivity index (χ1) is 14.9. The molecular weight excluding hydrogens is 416 g/mol. The Balaban J connectivity index is 2.06. The van der Waals surface area contributed by atoms with Crippen LogP contribution in [0.3, 0.4) is 0 Å². The number of rotatable bonds is 10. The third-order valence-electron chi connectivity index (χ3n) is 6.01. The monoisotopic (exact) mass is 454 g/mol. The molecule has 0 bridgehead atoms. The molecule has 32 heavy (non-hydrogen) atoms. The number of hydrogen-bond acceptors (Lipinski definition) is 4. The van der Waals surface area contributed by atoms with Gasteiger partial charge in [-0.05, 0) is 55.7 Å². The Kier molecular flexibility index (Phi) is 8.58. The summed E-state index contributed by atoms with van der Waals surface area (Å²) in [5.41, 5.74) is -0.297. The van der Waals surface area contributed by atoms with Gasteiger partial charge in [-0.15, -0.1) is 6.42 Å². The summed E-state index contributed by atoms with van der Waals surface area (Å²) in [6, 6.07) is 14.5. The van der Waals surface area contributed by atoms with Crippen molar-refractivity contribution in [3.8, 4) is 23.8 Å². The molecule has 1 N–H and O–H groups in total. The Hall–Kier alpha value is -2.26. The van der Waals surface area contributed by atoms with Crippen molar-refractivity contribution in [2.24, 2.45) is 0 Å². The van der Waals surface area contributed by atoms with Gasteiger partial charge in [-0.25, -0.2) is 0 Å². The summed E-state index contributed by atoms with van der Waals surface area (Å²) in [4.78, 5) is 0. The smallest absolute Gasteiger partial charge is 0.192 e. The first-order valence-corrected chi connectivity index (χ1v) is 14.2. The topological polar surface area (TPSA) is 47.9 Å². The maximum absolute atomic E-state index is 11.2. The number of ether oxygens (including phenoxy) is 2. The minimum atomic E-state index is -1.84. The van der Waals surface area contributed by atoms with Crippen molar-refractivity contribution in [1.29, 1.82) is 0 Å². The molecule has 2 rings (SSSR count). The summed E-state index contributed by atoms with van der Waals surface area (Å²) in [6.07, 6.45) is 6.67. The molecular formula is C27H38O4Si. The average Bonchev–Trinajstić information content (AvgIpc) is 2.75. The predicted octanol–water partition coefficient (Wildman–Crippen LogP) is 6.13. The van der Waals surface area contributed by atoms with Gasteiger partial charge in [0, 0.05) is 11.1 Å². The quantitative estimate of drug-likeness (QED) is 0.346. The molecule has 174 valence electrons. The van der Waals surface area contributed by atoms with Gasteiger partial charge in [0.25, 0.3) is 0 Å². The first-order valence-electron chi connectivity index (χ1n) is 11.3. The maximum atomic E-state index is 11.2. The van der Waals surface area contributed by atoms with Crippen molar-refractivity contribution in [3.05, 3.63) is 59.7 Å². The summed E-state index contributed by atoms with van der Waals surface area (Å²) in [6.45, 7) is 16.4. The van der Waals surface area contributed by atoms with Crippen LogP contribution in [-0.2, 0) is 10.0 Å². The molecule has 2 unspecified atom stereocenters. The van der Waals surface area contributed by atoms with E-state index >= 15 is 0 Å². The van der Waals surface area contributed by atoms with Crippen LogP contribution in [0.1, 0.15) is 52.2 Å². The predicted molar refractivity (Wildman–Crippen MR) is 134 cm³/mol. The summed E-state index contributed by atoms with van der Waals surface area (Å²) in [5, 5.41) is 11.4. The second kappa shape index (κ2) is 10.6. The summed E-state index contributed by atoms with van der Waals surface area (Å²) >= 11 is 0. The van der Waals surface area contributed by atoms with Crippen LogP contribution in [-0.4, -0.2) is 32.7 Å². The lowest BCUT2D eigenvalue weighted by Gasteiger charge is -2.38. The molecule has 0 aliphatic rings. The Morgan fingerprint density at radius 2 is 1.41 bits per heavy atom. The number of terminal acetylenes is 1. The SMILES string of the molecule is C#CC(O)(c1ccc(OCCC)cc1)c1ccc(OCC(C)O[Si](C)(C)C(C)(C)C)cc1. The molecule has 0 saturated carbocycles. The normalized spacial score (nSPS) is 14.8. The first kappa shape index (κ1) is 26.0. The second-order valence-electron chi connectivity index (χ2n) is 9.75. The Labute approximate surface area is 195 Å². The van der Waals surface area contributed by atoms with Crippen molar-refractivity contribution in [3.63, 3.8) is 0 Å². The van der Waals surface area contributed by atoms with Crippen molar-refractivity contribution in [1.82, 2.24) is 0 Å². The highest BCUT2D eigenvalue weighted by atomic mass is 28.4. The number of aliphatic hydroxyl groups is 1. The largest absolute Gasteiger partial charge is 0.494 e. The van der Waals surface area contributed by atoms with Crippen LogP contribution in [0.5, 0.6) is 11.5 Å². The lowest BCUT2D eigenvalue weighted by molar-refractivity contribution is 0.129. The van der Waals surface area contributed by atoms with E-state index in [1.54, 1.807) is 24.3 Å². The lowest BCUT2D eigenvalue weighted by Crippen LogP contribution is -2.44. The fourth-order valence-electron chi connectivity index (χ4n) is 3.07. The van der Waals surface area contributed by atoms with Crippen LogP contribution in [0, 0.1) is 12.3 Å². The minimum Gasteiger partial charge on any atom is -0.494 e. The van der Waals surface area contributed by atoms with Crippen molar-refractivity contribution in [2.45, 2.75) is 70.9 Å². The van der Waals surface area contributed by atoms with Crippen LogP contribution in [0.2, 0.25) is 18.1 Å². The fourth-order valence-corrected chi connectivity index (χ4v) is 4.49. The summed E-state index contributed by atoms with van der Waals surface area (Å²) in [7, 11) is -1.84. The molecule has 4 nitrogen and oxygen atoms in total. The Morgan fingerprint density at radius 1 is 0.938 bits per heavy atom. The fraction of sp³-hybridized carbons (Fsp3) is 0.481. The number of hydrogen-bond donors (Lipinski definition) is 1. The zero-order valence-electron chi connectivity index (χ0n) is 20.6. The van der Waals surface area contributed by atoms with E-state index in [1.165, 1.54) is 0 Å². The van der Waals surface area contributed by atoms with Gasteiger partial charge in [0.2, 0.25) is 0 Å². The minimum absolute atomic E-state index is 0.00773. The molecule has 0 amide bonds. The molecule has 0 aromatic heterocycles. The number of benzene rings is 2. The standard InChI is InChI=1S/C27H38O4Si/c1-9-19-29-24-15-11-22(12-16-24)27(28,10-2)23-13-17-25(18-14-23)30-20-21(3)31-32(7,8)26(4,5)6/h2,11-18,21,28H,9,19-20H2,1,3-8H3. The van der Waals surface area contributed by atoms with Crippen LogP contribution in [0.25, 0.3) is 0 Å². The van der Waals surface area contributed by atoms with E-state index in [-0.39, 0.29) is 11.1 Å². The van der Waals surface area contributed by atoms with Crippen LogP contribution < -0.4 is 9.47 Å². The van der Waals surface area contributed by atoms with Gasteiger partial charge in [0.1, 0.15) is 18.1 Å². The van der Waals surface area contributed by atoms with E-state index in [1.807, 2.05) is 31.2 Å². The third kappa shape index (κ3) is 6.38. The molecule has 2 aromatic carbocycles. The lowest BCUT2D eigenvalue weighted by atomic mass is 9.87. The van der Waals surface area contributed by atoms with Gasteiger partial charge in [0.05, 0.1) is 12.7 Å². The highest BCUT2D eigenvalue weighted by Crippen LogP contribution is 2.37. The van der Waals surface area contributed by atoms with E-state index in [0.29, 0.717) is 30.1 Å². The highest BCUT2D eigenvalue weighted by molar-refractivity contribution is 6.74. The average molecular weight is 455 g/mol. The van der Waals surface area contributed by atoms with Crippen LogP contribution in [0.15, 0.2) is 48.5 Å². The molecule has 0 fully saturated rings. The summed E-state index contributed by atoms with van der Waals surface area (Å²) < 4.78 is 17.9. The molecule has 0 radical (unpaired) electrons. The van der Waals surface area contributed by atoms with E-state index < -0.39 is 13.9 Å². The van der Waals surface area contributed by atoms with E-state index in [0.717, 1.165) is 12.2 Å². The van der Waals surface area contributed by atoms with Crippen molar-refractivity contribution >= 4 is 8.32 Å². The highest BCUT2D eigenvalue weighted by Gasteiger charge is 2.38. The second-order valence-corrected chi connectivity index (χ2v) is 14.5.